The summed E-state index contributed by atoms with van der Waals surface area (Å²) in [6, 6.07) is 15.0. The van der Waals surface area contributed by atoms with E-state index < -0.39 is 0 Å². The van der Waals surface area contributed by atoms with Crippen molar-refractivity contribution in [3.8, 4) is 0 Å². The number of hydrogen-bond acceptors (Lipinski definition) is 3. The quantitative estimate of drug-likeness (QED) is 0.320. The summed E-state index contributed by atoms with van der Waals surface area (Å²) < 4.78 is 5.57. The highest BCUT2D eigenvalue weighted by Crippen LogP contribution is 2.18. The van der Waals surface area contributed by atoms with Crippen molar-refractivity contribution in [3.05, 3.63) is 60.1 Å². The van der Waals surface area contributed by atoms with Gasteiger partial charge in [0, 0.05) is 12.6 Å². The fraction of sp³-hybridized carbons (Fsp3) is 0.476. The van der Waals surface area contributed by atoms with E-state index in [2.05, 4.69) is 59.7 Å². The number of aryl methyl sites for hydroxylation is 1. The van der Waals surface area contributed by atoms with E-state index in [1.807, 2.05) is 26.2 Å². The van der Waals surface area contributed by atoms with Crippen molar-refractivity contribution in [2.24, 2.45) is 4.99 Å². The number of rotatable bonds is 9. The van der Waals surface area contributed by atoms with Gasteiger partial charge in [0.25, 0.3) is 0 Å². The van der Waals surface area contributed by atoms with E-state index in [0.717, 1.165) is 31.1 Å². The Bertz CT molecular complexity index is 643. The minimum Gasteiger partial charge on any atom is -0.468 e. The van der Waals surface area contributed by atoms with E-state index in [1.165, 1.54) is 5.56 Å². The summed E-state index contributed by atoms with van der Waals surface area (Å²) in [5, 5.41) is 6.86. The molecular weight excluding hydrogens is 451 g/mol. The molecule has 0 aliphatic carbocycles. The second kappa shape index (κ2) is 12.8. The van der Waals surface area contributed by atoms with Gasteiger partial charge in [-0.15, -0.1) is 24.0 Å². The van der Waals surface area contributed by atoms with Gasteiger partial charge in [0.05, 0.1) is 18.8 Å². The van der Waals surface area contributed by atoms with Crippen molar-refractivity contribution in [1.82, 2.24) is 15.5 Å². The van der Waals surface area contributed by atoms with Crippen molar-refractivity contribution in [3.63, 3.8) is 0 Å². The summed E-state index contributed by atoms with van der Waals surface area (Å²) in [5.41, 5.74) is 1.37. The maximum absolute atomic E-state index is 5.57. The molecule has 0 bridgehead atoms. The molecule has 2 atom stereocenters. The number of halogens is 1. The number of aliphatic imine (C=N–C) groups is 1. The van der Waals surface area contributed by atoms with Gasteiger partial charge in [-0.05, 0) is 58.5 Å². The number of likely N-dealkylation sites (N-methyl/N-ethyl adjacent to an activating group) is 1. The summed E-state index contributed by atoms with van der Waals surface area (Å²) in [6.07, 6.45) is 3.83. The van der Waals surface area contributed by atoms with Crippen LogP contribution in [0.1, 0.15) is 37.6 Å². The molecule has 2 N–H and O–H groups in total. The third-order valence-corrected chi connectivity index (χ3v) is 4.35. The average Bonchev–Trinajstić information content (AvgIpc) is 3.15. The molecule has 0 radical (unpaired) electrons. The number of nitrogens with one attached hydrogen (secondary N) is 2. The van der Waals surface area contributed by atoms with Crippen LogP contribution in [0.25, 0.3) is 0 Å². The maximum atomic E-state index is 5.57. The summed E-state index contributed by atoms with van der Waals surface area (Å²) in [6.45, 7) is 5.76. The predicted molar refractivity (Wildman–Crippen MR) is 124 cm³/mol. The first-order valence-electron chi connectivity index (χ1n) is 9.38. The molecule has 0 spiro atoms. The van der Waals surface area contributed by atoms with E-state index in [4.69, 9.17) is 9.41 Å². The van der Waals surface area contributed by atoms with Crippen LogP contribution >= 0.6 is 24.0 Å². The SMILES string of the molecule is CCNC(=NCC(c1ccco1)N(C)C)NC(C)CCc1ccccc1.I. The topological polar surface area (TPSA) is 52.8 Å². The highest BCUT2D eigenvalue weighted by Gasteiger charge is 2.17. The lowest BCUT2D eigenvalue weighted by molar-refractivity contribution is 0.265. The van der Waals surface area contributed by atoms with Gasteiger partial charge in [-0.25, -0.2) is 0 Å². The first kappa shape index (κ1) is 23.5. The summed E-state index contributed by atoms with van der Waals surface area (Å²) in [4.78, 5) is 6.91. The van der Waals surface area contributed by atoms with Crippen LogP contribution in [-0.4, -0.2) is 44.1 Å². The third kappa shape index (κ3) is 8.34. The van der Waals surface area contributed by atoms with Gasteiger partial charge in [-0.2, -0.15) is 0 Å². The van der Waals surface area contributed by atoms with E-state index in [9.17, 15) is 0 Å². The Labute approximate surface area is 180 Å². The van der Waals surface area contributed by atoms with Gasteiger partial charge in [-0.3, -0.25) is 9.89 Å². The zero-order valence-electron chi connectivity index (χ0n) is 16.8. The normalized spacial score (nSPS) is 13.7. The van der Waals surface area contributed by atoms with Gasteiger partial charge in [0.2, 0.25) is 0 Å². The van der Waals surface area contributed by atoms with Crippen molar-refractivity contribution >= 4 is 29.9 Å². The smallest absolute Gasteiger partial charge is 0.191 e. The molecule has 0 saturated carbocycles. The molecule has 27 heavy (non-hydrogen) atoms. The van der Waals surface area contributed by atoms with Crippen molar-refractivity contribution in [2.75, 3.05) is 27.2 Å². The minimum atomic E-state index is 0. The molecule has 1 aromatic carbocycles. The number of guanidine groups is 1. The zero-order valence-corrected chi connectivity index (χ0v) is 19.1. The van der Waals surface area contributed by atoms with Crippen LogP contribution in [0.15, 0.2) is 58.1 Å². The number of furan rings is 1. The van der Waals surface area contributed by atoms with Gasteiger partial charge in [0.15, 0.2) is 5.96 Å². The third-order valence-electron chi connectivity index (χ3n) is 4.35. The molecule has 2 aromatic rings. The first-order valence-corrected chi connectivity index (χ1v) is 9.38. The molecule has 0 aliphatic rings. The highest BCUT2D eigenvalue weighted by atomic mass is 127. The number of hydrogen-bond donors (Lipinski definition) is 2. The maximum Gasteiger partial charge on any atom is 0.191 e. The Hall–Kier alpha value is -1.54. The van der Waals surface area contributed by atoms with E-state index in [0.29, 0.717) is 12.6 Å². The van der Waals surface area contributed by atoms with Crippen LogP contribution in [0.2, 0.25) is 0 Å². The summed E-state index contributed by atoms with van der Waals surface area (Å²) in [7, 11) is 4.09. The van der Waals surface area contributed by atoms with Crippen molar-refractivity contribution < 1.29 is 4.42 Å². The molecule has 5 nitrogen and oxygen atoms in total. The molecule has 1 heterocycles. The Morgan fingerprint density at radius 3 is 2.48 bits per heavy atom. The standard InChI is InChI=1S/C21H32N4O.HI/c1-5-22-21(23-16-19(25(3)4)20-12-9-15-26-20)24-17(2)13-14-18-10-7-6-8-11-18;/h6-12,15,17,19H,5,13-14,16H2,1-4H3,(H2,22,23,24);1H. The van der Waals surface area contributed by atoms with Gasteiger partial charge < -0.3 is 15.1 Å². The summed E-state index contributed by atoms with van der Waals surface area (Å²) in [5.74, 6) is 1.79. The van der Waals surface area contributed by atoms with Crippen LogP contribution in [0, 0.1) is 0 Å². The molecule has 0 aliphatic heterocycles. The van der Waals surface area contributed by atoms with Crippen molar-refractivity contribution in [2.45, 2.75) is 38.8 Å². The Balaban J connectivity index is 0.00000364. The molecule has 1 aromatic heterocycles. The summed E-state index contributed by atoms with van der Waals surface area (Å²) >= 11 is 0. The molecule has 0 amide bonds. The van der Waals surface area contributed by atoms with Gasteiger partial charge >= 0.3 is 0 Å². The van der Waals surface area contributed by atoms with E-state index in [-0.39, 0.29) is 30.0 Å². The van der Waals surface area contributed by atoms with Crippen LogP contribution in [0.5, 0.6) is 0 Å². The predicted octanol–water partition coefficient (Wildman–Crippen LogP) is 4.08. The van der Waals surface area contributed by atoms with Crippen LogP contribution in [0.3, 0.4) is 0 Å². The highest BCUT2D eigenvalue weighted by molar-refractivity contribution is 14.0. The molecule has 6 heteroatoms. The number of nitrogens with zero attached hydrogens (tertiary/aromatic N) is 2. The molecule has 2 rings (SSSR count). The first-order chi connectivity index (χ1) is 12.6. The van der Waals surface area contributed by atoms with Gasteiger partial charge in [0.1, 0.15) is 5.76 Å². The fourth-order valence-corrected chi connectivity index (χ4v) is 2.82. The molecular formula is C21H33IN4O. The number of benzene rings is 1. The lowest BCUT2D eigenvalue weighted by atomic mass is 10.1. The van der Waals surface area contributed by atoms with Crippen LogP contribution < -0.4 is 10.6 Å². The molecule has 0 saturated heterocycles. The monoisotopic (exact) mass is 484 g/mol. The Kier molecular flexibility index (Phi) is 11.1. The second-order valence-electron chi connectivity index (χ2n) is 6.78. The zero-order chi connectivity index (χ0) is 18.8. The van der Waals surface area contributed by atoms with Crippen LogP contribution in [0.4, 0.5) is 0 Å². The van der Waals surface area contributed by atoms with E-state index >= 15 is 0 Å². The minimum absolute atomic E-state index is 0. The lowest BCUT2D eigenvalue weighted by Crippen LogP contribution is -2.42. The van der Waals surface area contributed by atoms with Crippen molar-refractivity contribution in [1.29, 1.82) is 0 Å². The largest absolute Gasteiger partial charge is 0.468 e. The Morgan fingerprint density at radius 2 is 1.89 bits per heavy atom. The Morgan fingerprint density at radius 1 is 1.15 bits per heavy atom. The fourth-order valence-electron chi connectivity index (χ4n) is 2.82. The average molecular weight is 484 g/mol. The lowest BCUT2D eigenvalue weighted by Gasteiger charge is -2.22. The van der Waals surface area contributed by atoms with Crippen LogP contribution in [-0.2, 0) is 6.42 Å². The van der Waals surface area contributed by atoms with Gasteiger partial charge in [-0.1, -0.05) is 30.3 Å². The van der Waals surface area contributed by atoms with E-state index in [1.54, 1.807) is 6.26 Å². The molecule has 0 fully saturated rings. The second-order valence-corrected chi connectivity index (χ2v) is 6.78. The molecule has 2 unspecified atom stereocenters. The molecule has 150 valence electrons.